The normalized spacial score (nSPS) is 19.7. The van der Waals surface area contributed by atoms with Gasteiger partial charge in [0.15, 0.2) is 0 Å². The van der Waals surface area contributed by atoms with Crippen LogP contribution in [0.4, 0.5) is 5.00 Å². The predicted molar refractivity (Wildman–Crippen MR) is 61.4 cm³/mol. The number of nitrogens with one attached hydrogen (secondary N) is 2. The molecule has 1 aromatic heterocycles. The van der Waals surface area contributed by atoms with E-state index in [1.54, 1.807) is 0 Å². The molecule has 82 valence electrons. The summed E-state index contributed by atoms with van der Waals surface area (Å²) < 4.78 is 4.33. The SMILES string of the molecule is CCC1NC(=O)c2c(C(C)C)nsc2N1. The highest BCUT2D eigenvalue weighted by Crippen LogP contribution is 2.32. The Hall–Kier alpha value is -1.10. The molecule has 2 N–H and O–H groups in total. The lowest BCUT2D eigenvalue weighted by Gasteiger charge is -2.24. The van der Waals surface area contributed by atoms with Gasteiger partial charge in [-0.1, -0.05) is 20.8 Å². The summed E-state index contributed by atoms with van der Waals surface area (Å²) in [5.41, 5.74) is 1.63. The van der Waals surface area contributed by atoms with Crippen LogP contribution in [0.2, 0.25) is 0 Å². The first-order valence-electron chi connectivity index (χ1n) is 5.20. The maximum absolute atomic E-state index is 11.9. The number of nitrogens with zero attached hydrogens (tertiary/aromatic N) is 1. The van der Waals surface area contributed by atoms with Gasteiger partial charge in [-0.3, -0.25) is 4.79 Å². The van der Waals surface area contributed by atoms with Crippen LogP contribution in [0.1, 0.15) is 49.2 Å². The molecular weight excluding hydrogens is 210 g/mol. The standard InChI is InChI=1S/C10H15N3OS/c1-4-6-11-9(14)7-8(5(2)3)13-15-10(7)12-6/h5-6,12H,4H2,1-3H3,(H,11,14). The van der Waals surface area contributed by atoms with Crippen LogP contribution in [0, 0.1) is 0 Å². The second-order valence-electron chi connectivity index (χ2n) is 4.01. The fourth-order valence-corrected chi connectivity index (χ4v) is 2.62. The van der Waals surface area contributed by atoms with Crippen LogP contribution in [-0.4, -0.2) is 16.4 Å². The van der Waals surface area contributed by atoms with E-state index in [9.17, 15) is 4.79 Å². The summed E-state index contributed by atoms with van der Waals surface area (Å²) in [6, 6.07) is 0. The summed E-state index contributed by atoms with van der Waals surface area (Å²) >= 11 is 1.38. The quantitative estimate of drug-likeness (QED) is 0.811. The van der Waals surface area contributed by atoms with E-state index in [1.807, 2.05) is 6.92 Å². The lowest BCUT2D eigenvalue weighted by Crippen LogP contribution is -2.44. The molecule has 1 amide bonds. The van der Waals surface area contributed by atoms with E-state index in [-0.39, 0.29) is 18.0 Å². The zero-order valence-electron chi connectivity index (χ0n) is 9.13. The molecule has 5 heteroatoms. The smallest absolute Gasteiger partial charge is 0.257 e. The molecule has 1 atom stereocenters. The minimum atomic E-state index is 0.00745. The van der Waals surface area contributed by atoms with Gasteiger partial charge >= 0.3 is 0 Å². The number of amides is 1. The number of rotatable bonds is 2. The van der Waals surface area contributed by atoms with Gasteiger partial charge in [-0.15, -0.1) is 0 Å². The van der Waals surface area contributed by atoms with E-state index in [0.717, 1.165) is 22.7 Å². The topological polar surface area (TPSA) is 54.0 Å². The average Bonchev–Trinajstić information content (AvgIpc) is 2.61. The summed E-state index contributed by atoms with van der Waals surface area (Å²) in [7, 11) is 0. The third-order valence-electron chi connectivity index (χ3n) is 2.51. The Balaban J connectivity index is 2.39. The second kappa shape index (κ2) is 3.81. The minimum Gasteiger partial charge on any atom is -0.355 e. The van der Waals surface area contributed by atoms with Gasteiger partial charge in [0.25, 0.3) is 5.91 Å². The Morgan fingerprint density at radius 3 is 2.80 bits per heavy atom. The van der Waals surface area contributed by atoms with Crippen molar-refractivity contribution in [1.29, 1.82) is 0 Å². The van der Waals surface area contributed by atoms with Crippen LogP contribution in [0.15, 0.2) is 0 Å². The van der Waals surface area contributed by atoms with Crippen molar-refractivity contribution in [2.24, 2.45) is 0 Å². The van der Waals surface area contributed by atoms with Crippen molar-refractivity contribution in [1.82, 2.24) is 9.69 Å². The fraction of sp³-hybridized carbons (Fsp3) is 0.600. The van der Waals surface area contributed by atoms with Crippen LogP contribution in [0.25, 0.3) is 0 Å². The molecule has 1 aromatic rings. The van der Waals surface area contributed by atoms with Crippen molar-refractivity contribution in [3.63, 3.8) is 0 Å². The number of anilines is 1. The lowest BCUT2D eigenvalue weighted by atomic mass is 10.0. The lowest BCUT2D eigenvalue weighted by molar-refractivity contribution is 0.0934. The van der Waals surface area contributed by atoms with Crippen molar-refractivity contribution in [2.45, 2.75) is 39.3 Å². The Labute approximate surface area is 93.2 Å². The number of aromatic nitrogens is 1. The summed E-state index contributed by atoms with van der Waals surface area (Å²) in [6.45, 7) is 6.14. The van der Waals surface area contributed by atoms with E-state index in [4.69, 9.17) is 0 Å². The first-order chi connectivity index (χ1) is 7.13. The molecule has 15 heavy (non-hydrogen) atoms. The van der Waals surface area contributed by atoms with E-state index in [2.05, 4.69) is 28.9 Å². The molecule has 2 heterocycles. The molecule has 2 rings (SSSR count). The van der Waals surface area contributed by atoms with Crippen molar-refractivity contribution in [2.75, 3.05) is 5.32 Å². The zero-order valence-corrected chi connectivity index (χ0v) is 9.94. The van der Waals surface area contributed by atoms with E-state index < -0.39 is 0 Å². The van der Waals surface area contributed by atoms with Crippen LogP contribution >= 0.6 is 11.5 Å². The van der Waals surface area contributed by atoms with Crippen LogP contribution in [-0.2, 0) is 0 Å². The molecule has 1 aliphatic heterocycles. The highest BCUT2D eigenvalue weighted by atomic mass is 32.1. The number of hydrogen-bond donors (Lipinski definition) is 2. The van der Waals surface area contributed by atoms with Gasteiger partial charge in [0.1, 0.15) is 5.00 Å². The second-order valence-corrected chi connectivity index (χ2v) is 4.78. The molecule has 0 aromatic carbocycles. The number of hydrogen-bond acceptors (Lipinski definition) is 4. The van der Waals surface area contributed by atoms with Crippen LogP contribution in [0.5, 0.6) is 0 Å². The molecule has 0 spiro atoms. The molecule has 1 aliphatic rings. The van der Waals surface area contributed by atoms with Crippen molar-refractivity contribution < 1.29 is 4.79 Å². The van der Waals surface area contributed by atoms with E-state index >= 15 is 0 Å². The monoisotopic (exact) mass is 225 g/mol. The molecular formula is C10H15N3OS. The Kier molecular flexibility index (Phi) is 2.65. The zero-order chi connectivity index (χ0) is 11.0. The molecule has 0 saturated heterocycles. The summed E-state index contributed by atoms with van der Waals surface area (Å²) in [6.07, 6.45) is 0.922. The van der Waals surface area contributed by atoms with Crippen molar-refractivity contribution >= 4 is 22.4 Å². The van der Waals surface area contributed by atoms with Crippen LogP contribution < -0.4 is 10.6 Å². The molecule has 0 aliphatic carbocycles. The highest BCUT2D eigenvalue weighted by Gasteiger charge is 2.29. The third kappa shape index (κ3) is 1.71. The first kappa shape index (κ1) is 10.4. The average molecular weight is 225 g/mol. The van der Waals surface area contributed by atoms with Crippen LogP contribution in [0.3, 0.4) is 0 Å². The fourth-order valence-electron chi connectivity index (χ4n) is 1.64. The molecule has 0 bridgehead atoms. The Morgan fingerprint density at radius 1 is 1.47 bits per heavy atom. The minimum absolute atomic E-state index is 0.00745. The summed E-state index contributed by atoms with van der Waals surface area (Å²) in [5.74, 6) is 0.295. The first-order valence-corrected chi connectivity index (χ1v) is 5.97. The molecule has 0 saturated carbocycles. The van der Waals surface area contributed by atoms with Gasteiger partial charge in [0.05, 0.1) is 17.4 Å². The number of carbonyl (C=O) groups excluding carboxylic acids is 1. The van der Waals surface area contributed by atoms with Gasteiger partial charge in [0, 0.05) is 0 Å². The van der Waals surface area contributed by atoms with Gasteiger partial charge < -0.3 is 10.6 Å². The highest BCUT2D eigenvalue weighted by molar-refractivity contribution is 7.10. The third-order valence-corrected chi connectivity index (χ3v) is 3.30. The maximum Gasteiger partial charge on any atom is 0.257 e. The molecule has 1 unspecified atom stereocenters. The van der Waals surface area contributed by atoms with Crippen molar-refractivity contribution in [3.8, 4) is 0 Å². The van der Waals surface area contributed by atoms with Gasteiger partial charge in [0.2, 0.25) is 0 Å². The summed E-state index contributed by atoms with van der Waals surface area (Å²) in [5, 5.41) is 7.11. The molecule has 4 nitrogen and oxygen atoms in total. The number of carbonyl (C=O) groups is 1. The van der Waals surface area contributed by atoms with Gasteiger partial charge in [-0.2, -0.15) is 4.37 Å². The van der Waals surface area contributed by atoms with Gasteiger partial charge in [-0.25, -0.2) is 0 Å². The Bertz CT molecular complexity index is 386. The predicted octanol–water partition coefficient (Wildman–Crippen LogP) is 2.16. The molecule has 0 fully saturated rings. The van der Waals surface area contributed by atoms with Crippen molar-refractivity contribution in [3.05, 3.63) is 11.3 Å². The summed E-state index contributed by atoms with van der Waals surface area (Å²) in [4.78, 5) is 11.9. The maximum atomic E-state index is 11.9. The van der Waals surface area contributed by atoms with E-state index in [1.165, 1.54) is 11.5 Å². The van der Waals surface area contributed by atoms with E-state index in [0.29, 0.717) is 0 Å². The van der Waals surface area contributed by atoms with Gasteiger partial charge in [-0.05, 0) is 23.9 Å². The largest absolute Gasteiger partial charge is 0.355 e. The number of fused-ring (bicyclic) bond motifs is 1. The Morgan fingerprint density at radius 2 is 2.20 bits per heavy atom. The molecule has 0 radical (unpaired) electrons.